The summed E-state index contributed by atoms with van der Waals surface area (Å²) in [4.78, 5) is 11.6. The van der Waals surface area contributed by atoms with Crippen LogP contribution in [0, 0.1) is 9.85 Å². The van der Waals surface area contributed by atoms with Crippen molar-refractivity contribution in [1.29, 1.82) is 0 Å². The normalized spacial score (nSPS) is 9.76. The summed E-state index contributed by atoms with van der Waals surface area (Å²) in [6, 6.07) is 6.51. The van der Waals surface area contributed by atoms with E-state index in [2.05, 4.69) is 32.4 Å². The molecule has 0 aromatic heterocycles. The quantitative estimate of drug-likeness (QED) is 0.213. The molecule has 4 heteroatoms. The van der Waals surface area contributed by atoms with E-state index in [9.17, 15) is 9.90 Å². The van der Waals surface area contributed by atoms with E-state index >= 15 is 0 Å². The minimum atomic E-state index is -0.283. The van der Waals surface area contributed by atoms with Crippen molar-refractivity contribution in [1.82, 2.24) is 0 Å². The molecule has 0 radical (unpaired) electrons. The zero-order chi connectivity index (χ0) is 15.3. The number of phenols is 1. The van der Waals surface area contributed by atoms with Gasteiger partial charge in [0, 0.05) is 35.4 Å². The molecule has 0 heterocycles. The summed E-state index contributed by atoms with van der Waals surface area (Å²) in [5, 5.41) is 9.50. The van der Waals surface area contributed by atoms with Crippen molar-refractivity contribution in [2.75, 3.05) is 0 Å². The zero-order valence-corrected chi connectivity index (χ0v) is 14.3. The topological polar surface area (TPSA) is 46.5 Å². The van der Waals surface area contributed by atoms with E-state index in [0.29, 0.717) is 6.42 Å². The van der Waals surface area contributed by atoms with Crippen LogP contribution in [0.5, 0.6) is 11.5 Å². The molecule has 0 aliphatic rings. The Labute approximate surface area is 140 Å². The molecular weight excluding hydrogens is 379 g/mol. The number of hydrogen-bond donors (Lipinski definition) is 1. The number of aromatic hydroxyl groups is 1. The molecule has 0 atom stereocenters. The minimum Gasteiger partial charge on any atom is -0.504 e. The summed E-state index contributed by atoms with van der Waals surface area (Å²) in [6.07, 6.45) is 7.94. The van der Waals surface area contributed by atoms with Gasteiger partial charge in [0.1, 0.15) is 0 Å². The molecule has 0 aliphatic carbocycles. The lowest BCUT2D eigenvalue weighted by molar-refractivity contribution is -0.134. The Bertz CT molecular complexity index is 488. The molecule has 3 nitrogen and oxygen atoms in total. The van der Waals surface area contributed by atoms with Gasteiger partial charge in [-0.05, 0) is 28.9 Å². The second-order valence-corrected chi connectivity index (χ2v) is 5.37. The van der Waals surface area contributed by atoms with Crippen LogP contribution in [0.3, 0.4) is 0 Å². The third kappa shape index (κ3) is 8.61. The van der Waals surface area contributed by atoms with Crippen LogP contribution in [0.1, 0.15) is 51.4 Å². The molecule has 1 aromatic carbocycles. The van der Waals surface area contributed by atoms with E-state index in [-0.39, 0.29) is 17.5 Å². The maximum absolute atomic E-state index is 11.6. The SMILES string of the molecule is O=C(CCCCCCCCC#CI)Oc1ccccc1O. The predicted molar refractivity (Wildman–Crippen MR) is 92.5 cm³/mol. The van der Waals surface area contributed by atoms with E-state index in [1.165, 1.54) is 18.9 Å². The van der Waals surface area contributed by atoms with Crippen LogP contribution in [0.2, 0.25) is 0 Å². The molecule has 0 unspecified atom stereocenters. The van der Waals surface area contributed by atoms with E-state index in [4.69, 9.17) is 4.74 Å². The highest BCUT2D eigenvalue weighted by Crippen LogP contribution is 2.24. The van der Waals surface area contributed by atoms with Crippen LogP contribution in [0.15, 0.2) is 24.3 Å². The van der Waals surface area contributed by atoms with Gasteiger partial charge in [-0.15, -0.1) is 0 Å². The molecule has 0 saturated heterocycles. The lowest BCUT2D eigenvalue weighted by Gasteiger charge is -2.05. The van der Waals surface area contributed by atoms with E-state index in [0.717, 1.165) is 32.1 Å². The largest absolute Gasteiger partial charge is 0.504 e. The maximum Gasteiger partial charge on any atom is 0.311 e. The van der Waals surface area contributed by atoms with Crippen molar-refractivity contribution in [2.24, 2.45) is 0 Å². The van der Waals surface area contributed by atoms with Gasteiger partial charge in [0.15, 0.2) is 11.5 Å². The van der Waals surface area contributed by atoms with Gasteiger partial charge in [-0.25, -0.2) is 0 Å². The first-order valence-corrected chi connectivity index (χ1v) is 8.39. The highest BCUT2D eigenvalue weighted by Gasteiger charge is 2.07. The van der Waals surface area contributed by atoms with Gasteiger partial charge >= 0.3 is 5.97 Å². The highest BCUT2D eigenvalue weighted by molar-refractivity contribution is 14.1. The fraction of sp³-hybridized carbons (Fsp3) is 0.471. The number of phenolic OH excluding ortho intramolecular Hbond substituents is 1. The molecule has 0 amide bonds. The van der Waals surface area contributed by atoms with E-state index < -0.39 is 0 Å². The van der Waals surface area contributed by atoms with Crippen LogP contribution in [0.4, 0.5) is 0 Å². The van der Waals surface area contributed by atoms with Crippen LogP contribution >= 0.6 is 22.6 Å². The smallest absolute Gasteiger partial charge is 0.311 e. The van der Waals surface area contributed by atoms with Gasteiger partial charge in [0.2, 0.25) is 0 Å². The standard InChI is InChI=1S/C17H21IO3/c18-14-10-6-4-2-1-3-5-7-13-17(20)21-16-12-9-8-11-15(16)19/h8-9,11-12,19H,1-7,13H2. The number of halogens is 1. The summed E-state index contributed by atoms with van der Waals surface area (Å²) >= 11 is 2.06. The molecule has 1 aromatic rings. The number of rotatable bonds is 9. The van der Waals surface area contributed by atoms with Crippen molar-refractivity contribution in [3.05, 3.63) is 24.3 Å². The monoisotopic (exact) mass is 400 g/mol. The summed E-state index contributed by atoms with van der Waals surface area (Å²) in [5.74, 6) is 3.00. The Morgan fingerprint density at radius 1 is 1.10 bits per heavy atom. The minimum absolute atomic E-state index is 0.000419. The first-order valence-electron chi connectivity index (χ1n) is 7.31. The van der Waals surface area contributed by atoms with Crippen molar-refractivity contribution < 1.29 is 14.6 Å². The summed E-state index contributed by atoms with van der Waals surface area (Å²) in [6.45, 7) is 0. The summed E-state index contributed by atoms with van der Waals surface area (Å²) in [5.41, 5.74) is 0. The molecule has 1 N–H and O–H groups in total. The fourth-order valence-electron chi connectivity index (χ4n) is 1.95. The van der Waals surface area contributed by atoms with E-state index in [1.807, 2.05) is 0 Å². The van der Waals surface area contributed by atoms with Crippen LogP contribution in [-0.4, -0.2) is 11.1 Å². The average molecular weight is 400 g/mol. The molecule has 0 aliphatic heterocycles. The van der Waals surface area contributed by atoms with Gasteiger partial charge in [0.05, 0.1) is 0 Å². The molecule has 114 valence electrons. The molecule has 0 spiro atoms. The third-order valence-corrected chi connectivity index (χ3v) is 3.47. The number of carbonyl (C=O) groups is 1. The Kier molecular flexibility index (Phi) is 9.71. The highest BCUT2D eigenvalue weighted by atomic mass is 127. The maximum atomic E-state index is 11.6. The predicted octanol–water partition coefficient (Wildman–Crippen LogP) is 4.81. The van der Waals surface area contributed by atoms with Gasteiger partial charge in [0.25, 0.3) is 0 Å². The van der Waals surface area contributed by atoms with Gasteiger partial charge in [-0.1, -0.05) is 43.7 Å². The number of unbranched alkanes of at least 4 members (excludes halogenated alkanes) is 6. The van der Waals surface area contributed by atoms with Gasteiger partial charge in [-0.2, -0.15) is 0 Å². The second kappa shape index (κ2) is 11.4. The van der Waals surface area contributed by atoms with Crippen LogP contribution in [0.25, 0.3) is 0 Å². The second-order valence-electron chi connectivity index (χ2n) is 4.83. The Morgan fingerprint density at radius 3 is 2.48 bits per heavy atom. The number of ether oxygens (including phenoxy) is 1. The molecule has 21 heavy (non-hydrogen) atoms. The molecule has 1 rings (SSSR count). The van der Waals surface area contributed by atoms with Crippen molar-refractivity contribution in [3.8, 4) is 21.3 Å². The summed E-state index contributed by atoms with van der Waals surface area (Å²) in [7, 11) is 0. The Morgan fingerprint density at radius 2 is 1.76 bits per heavy atom. The zero-order valence-electron chi connectivity index (χ0n) is 12.1. The molecule has 0 fully saturated rings. The van der Waals surface area contributed by atoms with Gasteiger partial charge < -0.3 is 9.84 Å². The molecular formula is C17H21IO3. The molecule has 0 saturated carbocycles. The Balaban J connectivity index is 2.03. The third-order valence-electron chi connectivity index (χ3n) is 3.09. The van der Waals surface area contributed by atoms with Crippen molar-refractivity contribution >= 4 is 28.6 Å². The van der Waals surface area contributed by atoms with E-state index in [1.54, 1.807) is 18.2 Å². The number of esters is 1. The number of benzene rings is 1. The van der Waals surface area contributed by atoms with Gasteiger partial charge in [-0.3, -0.25) is 4.79 Å². The summed E-state index contributed by atoms with van der Waals surface area (Å²) < 4.78 is 7.98. The molecule has 0 bridgehead atoms. The first kappa shape index (κ1) is 17.8. The van der Waals surface area contributed by atoms with Crippen molar-refractivity contribution in [2.45, 2.75) is 51.4 Å². The fourth-order valence-corrected chi connectivity index (χ4v) is 2.22. The number of hydrogen-bond acceptors (Lipinski definition) is 3. The van der Waals surface area contributed by atoms with Crippen molar-refractivity contribution in [3.63, 3.8) is 0 Å². The average Bonchev–Trinajstić information content (AvgIpc) is 2.48. The lowest BCUT2D eigenvalue weighted by atomic mass is 10.1. The first-order chi connectivity index (χ1) is 10.2. The number of para-hydroxylation sites is 2. The Hall–Kier alpha value is -1.22. The van der Waals surface area contributed by atoms with Crippen LogP contribution in [-0.2, 0) is 4.79 Å². The number of carbonyl (C=O) groups excluding carboxylic acids is 1. The lowest BCUT2D eigenvalue weighted by Crippen LogP contribution is -2.07. The van der Waals surface area contributed by atoms with Crippen LogP contribution < -0.4 is 4.74 Å².